The van der Waals surface area contributed by atoms with Gasteiger partial charge in [-0.25, -0.2) is 4.39 Å². The molecule has 3 aromatic rings. The molecular weight excluding hydrogens is 343 g/mol. The van der Waals surface area contributed by atoms with Crippen LogP contribution >= 0.6 is 0 Å². The molecule has 3 aromatic carbocycles. The van der Waals surface area contributed by atoms with Gasteiger partial charge in [0.25, 0.3) is 5.91 Å². The molecule has 0 aliphatic rings. The van der Waals surface area contributed by atoms with E-state index in [1.165, 1.54) is 18.2 Å². The number of ether oxygens (including phenoxy) is 1. The first kappa shape index (κ1) is 18.2. The van der Waals surface area contributed by atoms with E-state index in [1.807, 2.05) is 12.1 Å². The largest absolute Gasteiger partial charge is 0.489 e. The van der Waals surface area contributed by atoms with Crippen LogP contribution in [0.15, 0.2) is 66.7 Å². The zero-order valence-electron chi connectivity index (χ0n) is 14.7. The summed E-state index contributed by atoms with van der Waals surface area (Å²) in [4.78, 5) is 12.5. The Kier molecular flexibility index (Phi) is 5.48. The molecule has 0 saturated carbocycles. The average molecular weight is 360 g/mol. The topological polar surface area (TPSA) is 62.1 Å². The van der Waals surface area contributed by atoms with Gasteiger partial charge in [-0.05, 0) is 55.0 Å². The molecule has 134 valence electrons. The Hall–Kier alpha value is -3.65. The number of nitrogens with zero attached hydrogens (tertiary/aromatic N) is 1. The molecule has 0 heterocycles. The molecule has 0 unspecified atom stereocenters. The first-order valence-corrected chi connectivity index (χ1v) is 8.35. The van der Waals surface area contributed by atoms with Crippen LogP contribution in [0.25, 0.3) is 0 Å². The fourth-order valence-corrected chi connectivity index (χ4v) is 2.61. The molecule has 0 aliphatic carbocycles. The highest BCUT2D eigenvalue weighted by Gasteiger charge is 2.10. The second-order valence-electron chi connectivity index (χ2n) is 6.00. The number of rotatable bonds is 5. The van der Waals surface area contributed by atoms with Crippen molar-refractivity contribution in [2.75, 3.05) is 5.32 Å². The van der Waals surface area contributed by atoms with Crippen LogP contribution in [0, 0.1) is 24.1 Å². The van der Waals surface area contributed by atoms with Crippen LogP contribution < -0.4 is 10.1 Å². The monoisotopic (exact) mass is 360 g/mol. The van der Waals surface area contributed by atoms with Gasteiger partial charge in [0.15, 0.2) is 0 Å². The van der Waals surface area contributed by atoms with Crippen molar-refractivity contribution in [2.24, 2.45) is 0 Å². The number of amides is 1. The Bertz CT molecular complexity index is 1020. The highest BCUT2D eigenvalue weighted by Crippen LogP contribution is 2.20. The van der Waals surface area contributed by atoms with Gasteiger partial charge in [0.2, 0.25) is 0 Å². The summed E-state index contributed by atoms with van der Waals surface area (Å²) in [6, 6.07) is 20.3. The maximum Gasteiger partial charge on any atom is 0.255 e. The smallest absolute Gasteiger partial charge is 0.255 e. The van der Waals surface area contributed by atoms with E-state index in [4.69, 9.17) is 10.00 Å². The fraction of sp³-hybridized carbons (Fsp3) is 0.0909. The van der Waals surface area contributed by atoms with E-state index in [-0.39, 0.29) is 18.3 Å². The van der Waals surface area contributed by atoms with Gasteiger partial charge in [0.1, 0.15) is 18.2 Å². The van der Waals surface area contributed by atoms with Crippen molar-refractivity contribution >= 4 is 11.6 Å². The molecule has 0 aliphatic heterocycles. The number of halogens is 1. The quantitative estimate of drug-likeness (QED) is 0.708. The van der Waals surface area contributed by atoms with Gasteiger partial charge in [-0.3, -0.25) is 4.79 Å². The number of nitrogens with one attached hydrogen (secondary N) is 1. The number of hydrogen-bond acceptors (Lipinski definition) is 3. The summed E-state index contributed by atoms with van der Waals surface area (Å²) in [6.07, 6.45) is 0. The van der Waals surface area contributed by atoms with Gasteiger partial charge in [0.05, 0.1) is 11.6 Å². The van der Waals surface area contributed by atoms with Crippen molar-refractivity contribution in [3.8, 4) is 11.8 Å². The zero-order valence-corrected chi connectivity index (χ0v) is 14.7. The van der Waals surface area contributed by atoms with E-state index in [2.05, 4.69) is 11.4 Å². The van der Waals surface area contributed by atoms with E-state index in [0.717, 1.165) is 5.56 Å². The molecule has 0 atom stereocenters. The van der Waals surface area contributed by atoms with Crippen LogP contribution in [0.5, 0.6) is 5.75 Å². The van der Waals surface area contributed by atoms with Crippen LogP contribution in [0.2, 0.25) is 0 Å². The van der Waals surface area contributed by atoms with Crippen LogP contribution in [0.1, 0.15) is 27.0 Å². The molecule has 0 radical (unpaired) electrons. The van der Waals surface area contributed by atoms with Crippen LogP contribution in [0.3, 0.4) is 0 Å². The average Bonchev–Trinajstić information content (AvgIpc) is 2.69. The van der Waals surface area contributed by atoms with Gasteiger partial charge in [0, 0.05) is 16.8 Å². The number of anilines is 1. The summed E-state index contributed by atoms with van der Waals surface area (Å²) >= 11 is 0. The van der Waals surface area contributed by atoms with Crippen LogP contribution in [-0.2, 0) is 6.61 Å². The van der Waals surface area contributed by atoms with E-state index in [9.17, 15) is 9.18 Å². The van der Waals surface area contributed by atoms with Crippen molar-refractivity contribution in [1.29, 1.82) is 5.26 Å². The lowest BCUT2D eigenvalue weighted by atomic mass is 10.1. The molecule has 5 heteroatoms. The van der Waals surface area contributed by atoms with E-state index >= 15 is 0 Å². The predicted octanol–water partition coefficient (Wildman–Crippen LogP) is 4.84. The maximum absolute atomic E-state index is 13.2. The molecule has 4 nitrogen and oxygen atoms in total. The highest BCUT2D eigenvalue weighted by molar-refractivity contribution is 6.04. The Morgan fingerprint density at radius 3 is 2.70 bits per heavy atom. The van der Waals surface area contributed by atoms with Crippen molar-refractivity contribution in [1.82, 2.24) is 0 Å². The van der Waals surface area contributed by atoms with Crippen molar-refractivity contribution in [2.45, 2.75) is 13.5 Å². The van der Waals surface area contributed by atoms with Gasteiger partial charge < -0.3 is 10.1 Å². The molecule has 0 spiro atoms. The lowest BCUT2D eigenvalue weighted by Gasteiger charge is -2.11. The van der Waals surface area contributed by atoms with Crippen molar-refractivity contribution < 1.29 is 13.9 Å². The normalized spacial score (nSPS) is 10.1. The number of carbonyl (C=O) groups is 1. The summed E-state index contributed by atoms with van der Waals surface area (Å²) in [5, 5.41) is 11.9. The van der Waals surface area contributed by atoms with E-state index < -0.39 is 0 Å². The van der Waals surface area contributed by atoms with E-state index in [1.54, 1.807) is 43.3 Å². The Balaban J connectivity index is 1.71. The first-order valence-electron chi connectivity index (χ1n) is 8.35. The Morgan fingerprint density at radius 2 is 1.93 bits per heavy atom. The molecule has 0 saturated heterocycles. The van der Waals surface area contributed by atoms with Gasteiger partial charge in [-0.1, -0.05) is 24.3 Å². The molecule has 3 rings (SSSR count). The summed E-state index contributed by atoms with van der Waals surface area (Å²) < 4.78 is 18.9. The highest BCUT2D eigenvalue weighted by atomic mass is 19.1. The molecule has 27 heavy (non-hydrogen) atoms. The van der Waals surface area contributed by atoms with Gasteiger partial charge in [-0.2, -0.15) is 5.26 Å². The maximum atomic E-state index is 13.2. The summed E-state index contributed by atoms with van der Waals surface area (Å²) in [7, 11) is 0. The molecule has 0 aromatic heterocycles. The minimum absolute atomic E-state index is 0.228. The van der Waals surface area contributed by atoms with Crippen LogP contribution in [0.4, 0.5) is 10.1 Å². The predicted molar refractivity (Wildman–Crippen MR) is 101 cm³/mol. The third kappa shape index (κ3) is 4.50. The third-order valence-electron chi connectivity index (χ3n) is 4.07. The molecular formula is C22H17FN2O2. The van der Waals surface area contributed by atoms with Gasteiger partial charge >= 0.3 is 0 Å². The number of carbonyl (C=O) groups excluding carboxylic acids is 1. The Labute approximate surface area is 156 Å². The van der Waals surface area contributed by atoms with E-state index in [0.29, 0.717) is 28.1 Å². The fourth-order valence-electron chi connectivity index (χ4n) is 2.61. The summed E-state index contributed by atoms with van der Waals surface area (Å²) in [5.74, 6) is -0.141. The van der Waals surface area contributed by atoms with Gasteiger partial charge in [-0.15, -0.1) is 0 Å². The number of hydrogen-bond donors (Lipinski definition) is 1. The Morgan fingerprint density at radius 1 is 1.11 bits per heavy atom. The SMILES string of the molecule is Cc1cc(F)ccc1NC(=O)c1cccc(OCc2ccccc2C#N)c1. The summed E-state index contributed by atoms with van der Waals surface area (Å²) in [5.41, 5.74) is 2.94. The summed E-state index contributed by atoms with van der Waals surface area (Å²) in [6.45, 7) is 1.96. The second-order valence-corrected chi connectivity index (χ2v) is 6.00. The number of aryl methyl sites for hydroxylation is 1. The first-order chi connectivity index (χ1) is 13.1. The molecule has 0 bridgehead atoms. The minimum atomic E-state index is -0.349. The number of nitriles is 1. The molecule has 1 N–H and O–H groups in total. The second kappa shape index (κ2) is 8.15. The minimum Gasteiger partial charge on any atom is -0.489 e. The lowest BCUT2D eigenvalue weighted by molar-refractivity contribution is 0.102. The molecule has 1 amide bonds. The lowest BCUT2D eigenvalue weighted by Crippen LogP contribution is -2.13. The standard InChI is InChI=1S/C22H17FN2O2/c1-15-11-19(23)9-10-21(15)25-22(26)16-7-4-8-20(12-16)27-14-18-6-3-2-5-17(18)13-24/h2-12H,14H2,1H3,(H,25,26). The van der Waals surface area contributed by atoms with Crippen molar-refractivity contribution in [3.05, 3.63) is 94.8 Å². The zero-order chi connectivity index (χ0) is 19.2. The number of benzene rings is 3. The van der Waals surface area contributed by atoms with Crippen LogP contribution in [-0.4, -0.2) is 5.91 Å². The van der Waals surface area contributed by atoms with Crippen molar-refractivity contribution in [3.63, 3.8) is 0 Å². The third-order valence-corrected chi connectivity index (χ3v) is 4.07. The molecule has 0 fully saturated rings.